The molecule has 3 heteroatoms. The monoisotopic (exact) mass is 248 g/mol. The molecule has 0 amide bonds. The van der Waals surface area contributed by atoms with Gasteiger partial charge in [-0.2, -0.15) is 0 Å². The summed E-state index contributed by atoms with van der Waals surface area (Å²) in [7, 11) is 0. The van der Waals surface area contributed by atoms with E-state index >= 15 is 0 Å². The van der Waals surface area contributed by atoms with Gasteiger partial charge in [0.1, 0.15) is 5.84 Å². The Morgan fingerprint density at radius 3 is 2.74 bits per heavy atom. The highest BCUT2D eigenvalue weighted by Crippen LogP contribution is 2.36. The second-order valence-corrected chi connectivity index (χ2v) is 4.66. The van der Waals surface area contributed by atoms with Gasteiger partial charge in [-0.15, -0.1) is 0 Å². The number of hydrogen-bond acceptors (Lipinski definition) is 3. The summed E-state index contributed by atoms with van der Waals surface area (Å²) in [5, 5.41) is 10.2. The van der Waals surface area contributed by atoms with Crippen LogP contribution in [-0.2, 0) is 0 Å². The Hall–Kier alpha value is -2.39. The fraction of sp³-hybridized carbons (Fsp3) is 0.0625. The number of aliphatic hydroxyl groups excluding tert-OH is 1. The molecule has 2 heterocycles. The Balaban J connectivity index is 1.96. The number of anilines is 1. The molecule has 0 spiro atoms. The van der Waals surface area contributed by atoms with E-state index in [-0.39, 0.29) is 0 Å². The van der Waals surface area contributed by atoms with Gasteiger partial charge < -0.3 is 10.0 Å². The van der Waals surface area contributed by atoms with Crippen LogP contribution in [0.1, 0.15) is 22.9 Å². The normalized spacial score (nSPS) is 19.3. The lowest BCUT2D eigenvalue weighted by Crippen LogP contribution is -2.33. The first kappa shape index (κ1) is 10.5. The SMILES string of the molecule is OC1N=C2c3ccccc3C=CN2c2ccccc21. The first-order valence-electron chi connectivity index (χ1n) is 6.26. The number of rotatable bonds is 0. The van der Waals surface area contributed by atoms with E-state index in [2.05, 4.69) is 17.1 Å². The highest BCUT2D eigenvalue weighted by Gasteiger charge is 2.28. The molecule has 4 rings (SSSR count). The van der Waals surface area contributed by atoms with Crippen molar-refractivity contribution in [3.63, 3.8) is 0 Å². The number of para-hydroxylation sites is 1. The Morgan fingerprint density at radius 1 is 1.00 bits per heavy atom. The number of hydrogen-bond donors (Lipinski definition) is 1. The highest BCUT2D eigenvalue weighted by molar-refractivity contribution is 6.16. The Kier molecular flexibility index (Phi) is 2.11. The van der Waals surface area contributed by atoms with Crippen molar-refractivity contribution in [2.24, 2.45) is 4.99 Å². The van der Waals surface area contributed by atoms with Crippen LogP contribution in [0, 0.1) is 0 Å². The van der Waals surface area contributed by atoms with Gasteiger partial charge in [-0.3, -0.25) is 0 Å². The maximum absolute atomic E-state index is 10.2. The molecule has 0 fully saturated rings. The van der Waals surface area contributed by atoms with Crippen LogP contribution in [0.3, 0.4) is 0 Å². The number of nitrogens with zero attached hydrogens (tertiary/aromatic N) is 2. The molecular formula is C16H12N2O. The molecule has 1 atom stereocenters. The van der Waals surface area contributed by atoms with Crippen molar-refractivity contribution in [2.75, 3.05) is 4.90 Å². The average molecular weight is 248 g/mol. The molecule has 3 nitrogen and oxygen atoms in total. The van der Waals surface area contributed by atoms with Crippen molar-refractivity contribution in [1.29, 1.82) is 0 Å². The van der Waals surface area contributed by atoms with Gasteiger partial charge >= 0.3 is 0 Å². The van der Waals surface area contributed by atoms with Gasteiger partial charge in [0.2, 0.25) is 0 Å². The molecule has 2 aliphatic rings. The van der Waals surface area contributed by atoms with E-state index < -0.39 is 6.23 Å². The standard InChI is InChI=1S/C16H12N2O/c19-16-13-7-3-4-8-14(13)18-10-9-11-5-1-2-6-12(11)15(18)17-16/h1-10,16,19H. The third kappa shape index (κ3) is 1.45. The molecule has 2 aromatic carbocycles. The van der Waals surface area contributed by atoms with Crippen molar-refractivity contribution < 1.29 is 5.11 Å². The number of aliphatic imine (C=N–C) groups is 1. The zero-order valence-electron chi connectivity index (χ0n) is 10.2. The molecule has 0 aliphatic carbocycles. The highest BCUT2D eigenvalue weighted by atomic mass is 16.3. The van der Waals surface area contributed by atoms with E-state index in [4.69, 9.17) is 0 Å². The molecule has 0 radical (unpaired) electrons. The Bertz CT molecular complexity index is 718. The maximum Gasteiger partial charge on any atom is 0.175 e. The van der Waals surface area contributed by atoms with Crippen molar-refractivity contribution in [1.82, 2.24) is 0 Å². The van der Waals surface area contributed by atoms with Crippen LogP contribution in [0.15, 0.2) is 59.7 Å². The molecule has 1 unspecified atom stereocenters. The van der Waals surface area contributed by atoms with Crippen molar-refractivity contribution >= 4 is 17.6 Å². The van der Waals surface area contributed by atoms with Gasteiger partial charge in [-0.1, -0.05) is 42.5 Å². The van der Waals surface area contributed by atoms with Crippen LogP contribution in [0.2, 0.25) is 0 Å². The molecule has 1 N–H and O–H groups in total. The number of fused-ring (bicyclic) bond motifs is 5. The first-order chi connectivity index (χ1) is 9.34. The minimum atomic E-state index is -0.790. The van der Waals surface area contributed by atoms with Gasteiger partial charge in [0.15, 0.2) is 6.23 Å². The van der Waals surface area contributed by atoms with E-state index in [0.29, 0.717) is 0 Å². The third-order valence-electron chi connectivity index (χ3n) is 3.55. The summed E-state index contributed by atoms with van der Waals surface area (Å²) in [5.41, 5.74) is 4.02. The van der Waals surface area contributed by atoms with Gasteiger partial charge in [-0.05, 0) is 17.7 Å². The van der Waals surface area contributed by atoms with Gasteiger partial charge in [-0.25, -0.2) is 4.99 Å². The van der Waals surface area contributed by atoms with Crippen LogP contribution in [0.5, 0.6) is 0 Å². The number of benzene rings is 2. The van der Waals surface area contributed by atoms with Gasteiger partial charge in [0.05, 0.1) is 5.69 Å². The van der Waals surface area contributed by atoms with Crippen LogP contribution >= 0.6 is 0 Å². The predicted octanol–water partition coefficient (Wildman–Crippen LogP) is 2.93. The lowest BCUT2D eigenvalue weighted by Gasteiger charge is -2.33. The number of amidine groups is 1. The summed E-state index contributed by atoms with van der Waals surface area (Å²) >= 11 is 0. The molecule has 0 aromatic heterocycles. The van der Waals surface area contributed by atoms with Crippen molar-refractivity contribution in [3.05, 3.63) is 71.4 Å². The maximum atomic E-state index is 10.2. The quantitative estimate of drug-likeness (QED) is 0.778. The summed E-state index contributed by atoms with van der Waals surface area (Å²) in [4.78, 5) is 6.47. The molecule has 92 valence electrons. The molecule has 0 saturated carbocycles. The minimum absolute atomic E-state index is 0.790. The smallest absolute Gasteiger partial charge is 0.175 e. The molecule has 2 aromatic rings. The summed E-state index contributed by atoms with van der Waals surface area (Å²) < 4.78 is 0. The Labute approximate surface area is 111 Å². The van der Waals surface area contributed by atoms with Crippen molar-refractivity contribution in [2.45, 2.75) is 6.23 Å². The molecule has 19 heavy (non-hydrogen) atoms. The number of aliphatic hydroxyl groups is 1. The summed E-state index contributed by atoms with van der Waals surface area (Å²) in [5.74, 6) is 0.810. The fourth-order valence-corrected chi connectivity index (χ4v) is 2.64. The van der Waals surface area contributed by atoms with E-state index in [1.165, 1.54) is 0 Å². The fourth-order valence-electron chi connectivity index (χ4n) is 2.64. The zero-order chi connectivity index (χ0) is 12.8. The minimum Gasteiger partial charge on any atom is -0.368 e. The van der Waals surface area contributed by atoms with Crippen LogP contribution < -0.4 is 4.90 Å². The first-order valence-corrected chi connectivity index (χ1v) is 6.26. The topological polar surface area (TPSA) is 35.8 Å². The molecular weight excluding hydrogens is 236 g/mol. The lowest BCUT2D eigenvalue weighted by atomic mass is 9.99. The predicted molar refractivity (Wildman–Crippen MR) is 75.9 cm³/mol. The van der Waals surface area contributed by atoms with E-state index in [9.17, 15) is 5.11 Å². The van der Waals surface area contributed by atoms with Crippen LogP contribution in [0.25, 0.3) is 6.08 Å². The molecule has 0 saturated heterocycles. The summed E-state index contributed by atoms with van der Waals surface area (Å²) in [6, 6.07) is 15.9. The largest absolute Gasteiger partial charge is 0.368 e. The lowest BCUT2D eigenvalue weighted by molar-refractivity contribution is 0.187. The summed E-state index contributed by atoms with van der Waals surface area (Å²) in [6.07, 6.45) is 3.29. The van der Waals surface area contributed by atoms with Gasteiger partial charge in [0, 0.05) is 17.3 Å². The van der Waals surface area contributed by atoms with Gasteiger partial charge in [0.25, 0.3) is 0 Å². The van der Waals surface area contributed by atoms with Crippen LogP contribution in [-0.4, -0.2) is 10.9 Å². The van der Waals surface area contributed by atoms with Crippen molar-refractivity contribution in [3.8, 4) is 0 Å². The average Bonchev–Trinajstić information content (AvgIpc) is 2.47. The Morgan fingerprint density at radius 2 is 1.79 bits per heavy atom. The molecule has 0 bridgehead atoms. The second-order valence-electron chi connectivity index (χ2n) is 4.66. The zero-order valence-corrected chi connectivity index (χ0v) is 10.2. The van der Waals surface area contributed by atoms with Crippen LogP contribution in [0.4, 0.5) is 5.69 Å². The third-order valence-corrected chi connectivity index (χ3v) is 3.55. The second kappa shape index (κ2) is 3.80. The molecule has 2 aliphatic heterocycles. The summed E-state index contributed by atoms with van der Waals surface area (Å²) in [6.45, 7) is 0. The van der Waals surface area contributed by atoms with E-state index in [1.807, 2.05) is 53.6 Å². The van der Waals surface area contributed by atoms with E-state index in [1.54, 1.807) is 0 Å². The van der Waals surface area contributed by atoms with E-state index in [0.717, 1.165) is 28.2 Å².